The average Bonchev–Trinajstić information content (AvgIpc) is 2.84. The second kappa shape index (κ2) is 9.97. The van der Waals surface area contributed by atoms with E-state index in [0.29, 0.717) is 0 Å². The Morgan fingerprint density at radius 1 is 0.950 bits per heavy atom. The lowest BCUT2D eigenvalue weighted by atomic mass is 9.98. The SMILES string of the molecule is Brc1ccsc1CNC1CCCCCCCCCCC1. The molecule has 1 aromatic heterocycles. The van der Waals surface area contributed by atoms with Gasteiger partial charge in [-0.3, -0.25) is 0 Å². The van der Waals surface area contributed by atoms with E-state index in [9.17, 15) is 0 Å². The molecule has 0 aromatic carbocycles. The monoisotopic (exact) mass is 357 g/mol. The molecule has 1 fully saturated rings. The molecule has 0 atom stereocenters. The van der Waals surface area contributed by atoms with Crippen LogP contribution in [0.3, 0.4) is 0 Å². The van der Waals surface area contributed by atoms with Crippen LogP contribution in [0.2, 0.25) is 0 Å². The maximum atomic E-state index is 3.80. The van der Waals surface area contributed by atoms with E-state index in [1.165, 1.54) is 80.0 Å². The average molecular weight is 358 g/mol. The van der Waals surface area contributed by atoms with E-state index < -0.39 is 0 Å². The number of hydrogen-bond acceptors (Lipinski definition) is 2. The molecule has 1 aromatic rings. The van der Waals surface area contributed by atoms with Crippen molar-refractivity contribution in [3.63, 3.8) is 0 Å². The van der Waals surface area contributed by atoms with Crippen molar-refractivity contribution in [2.24, 2.45) is 0 Å². The Morgan fingerprint density at radius 3 is 2.00 bits per heavy atom. The normalized spacial score (nSPS) is 20.2. The van der Waals surface area contributed by atoms with Gasteiger partial charge in [0.15, 0.2) is 0 Å². The zero-order valence-corrected chi connectivity index (χ0v) is 14.9. The van der Waals surface area contributed by atoms with Gasteiger partial charge < -0.3 is 5.32 Å². The second-order valence-corrected chi connectivity index (χ2v) is 7.88. The molecule has 1 saturated carbocycles. The first-order valence-corrected chi connectivity index (χ1v) is 9.99. The van der Waals surface area contributed by atoms with Crippen LogP contribution >= 0.6 is 27.3 Å². The summed E-state index contributed by atoms with van der Waals surface area (Å²) in [6.07, 6.45) is 15.7. The fraction of sp³-hybridized carbons (Fsp3) is 0.765. The van der Waals surface area contributed by atoms with Crippen molar-refractivity contribution >= 4 is 27.3 Å². The predicted octanol–water partition coefficient (Wildman–Crippen LogP) is 6.27. The Bertz CT molecular complexity index is 352. The maximum Gasteiger partial charge on any atom is 0.0327 e. The first kappa shape index (κ1) is 16.5. The van der Waals surface area contributed by atoms with Crippen LogP contribution in [-0.2, 0) is 6.54 Å². The molecule has 0 saturated heterocycles. The summed E-state index contributed by atoms with van der Waals surface area (Å²) >= 11 is 5.48. The van der Waals surface area contributed by atoms with Crippen LogP contribution < -0.4 is 5.32 Å². The van der Waals surface area contributed by atoms with Crippen molar-refractivity contribution in [3.05, 3.63) is 20.8 Å². The number of nitrogens with one attached hydrogen (secondary N) is 1. The van der Waals surface area contributed by atoms with Crippen molar-refractivity contribution in [1.82, 2.24) is 5.32 Å². The first-order valence-electron chi connectivity index (χ1n) is 8.31. The van der Waals surface area contributed by atoms with E-state index in [-0.39, 0.29) is 0 Å². The van der Waals surface area contributed by atoms with E-state index in [1.54, 1.807) is 0 Å². The van der Waals surface area contributed by atoms with E-state index in [1.807, 2.05) is 11.3 Å². The Morgan fingerprint density at radius 2 is 1.50 bits per heavy atom. The second-order valence-electron chi connectivity index (χ2n) is 6.03. The van der Waals surface area contributed by atoms with Crippen molar-refractivity contribution in [2.45, 2.75) is 83.2 Å². The zero-order valence-electron chi connectivity index (χ0n) is 12.5. The number of hydrogen-bond donors (Lipinski definition) is 1. The molecule has 1 aliphatic rings. The van der Waals surface area contributed by atoms with Crippen molar-refractivity contribution in [2.75, 3.05) is 0 Å². The summed E-state index contributed by atoms with van der Waals surface area (Å²) in [5, 5.41) is 5.97. The molecule has 0 spiro atoms. The van der Waals surface area contributed by atoms with E-state index in [4.69, 9.17) is 0 Å². The van der Waals surface area contributed by atoms with E-state index in [0.717, 1.165) is 12.6 Å². The van der Waals surface area contributed by atoms with Crippen LogP contribution in [0.15, 0.2) is 15.9 Å². The quantitative estimate of drug-likeness (QED) is 0.671. The van der Waals surface area contributed by atoms with Crippen molar-refractivity contribution in [3.8, 4) is 0 Å². The number of halogens is 1. The topological polar surface area (TPSA) is 12.0 Å². The largest absolute Gasteiger partial charge is 0.309 e. The fourth-order valence-corrected chi connectivity index (χ4v) is 4.50. The minimum atomic E-state index is 0.725. The highest BCUT2D eigenvalue weighted by molar-refractivity contribution is 9.10. The highest BCUT2D eigenvalue weighted by Crippen LogP contribution is 2.23. The highest BCUT2D eigenvalue weighted by atomic mass is 79.9. The van der Waals surface area contributed by atoms with Crippen LogP contribution in [0.25, 0.3) is 0 Å². The molecule has 2 rings (SSSR count). The lowest BCUT2D eigenvalue weighted by Crippen LogP contribution is -2.28. The van der Waals surface area contributed by atoms with Gasteiger partial charge in [0.1, 0.15) is 0 Å². The summed E-state index contributed by atoms with van der Waals surface area (Å²) in [5.41, 5.74) is 0. The number of rotatable bonds is 3. The molecule has 1 nitrogen and oxygen atoms in total. The van der Waals surface area contributed by atoms with Gasteiger partial charge in [-0.1, -0.05) is 57.8 Å². The van der Waals surface area contributed by atoms with Gasteiger partial charge in [0.25, 0.3) is 0 Å². The van der Waals surface area contributed by atoms with Crippen LogP contribution in [-0.4, -0.2) is 6.04 Å². The molecular formula is C17H28BrNS. The number of thiophene rings is 1. The Kier molecular flexibility index (Phi) is 8.23. The zero-order chi connectivity index (χ0) is 14.0. The molecule has 0 bridgehead atoms. The third-order valence-corrected chi connectivity index (χ3v) is 6.27. The molecule has 1 heterocycles. The summed E-state index contributed by atoms with van der Waals surface area (Å²) in [6.45, 7) is 1.03. The van der Waals surface area contributed by atoms with Crippen molar-refractivity contribution < 1.29 is 0 Å². The maximum absolute atomic E-state index is 3.80. The van der Waals surface area contributed by atoms with Gasteiger partial charge in [-0.25, -0.2) is 0 Å². The lowest BCUT2D eigenvalue weighted by Gasteiger charge is -2.19. The minimum Gasteiger partial charge on any atom is -0.309 e. The molecule has 0 radical (unpaired) electrons. The molecule has 0 aliphatic heterocycles. The van der Waals surface area contributed by atoms with Crippen LogP contribution in [0.5, 0.6) is 0 Å². The van der Waals surface area contributed by atoms with Gasteiger partial charge in [0.05, 0.1) is 0 Å². The molecule has 20 heavy (non-hydrogen) atoms. The van der Waals surface area contributed by atoms with E-state index >= 15 is 0 Å². The molecule has 1 aliphatic carbocycles. The van der Waals surface area contributed by atoms with Gasteiger partial charge in [-0.05, 0) is 40.2 Å². The molecule has 0 amide bonds. The predicted molar refractivity (Wildman–Crippen MR) is 93.4 cm³/mol. The molecular weight excluding hydrogens is 330 g/mol. The molecule has 3 heteroatoms. The van der Waals surface area contributed by atoms with Crippen LogP contribution in [0, 0.1) is 0 Å². The first-order chi connectivity index (χ1) is 9.86. The van der Waals surface area contributed by atoms with Crippen molar-refractivity contribution in [1.29, 1.82) is 0 Å². The molecule has 114 valence electrons. The Balaban J connectivity index is 1.75. The lowest BCUT2D eigenvalue weighted by molar-refractivity contribution is 0.404. The van der Waals surface area contributed by atoms with E-state index in [2.05, 4.69) is 32.7 Å². The highest BCUT2D eigenvalue weighted by Gasteiger charge is 2.10. The molecule has 1 N–H and O–H groups in total. The van der Waals surface area contributed by atoms with Crippen LogP contribution in [0.4, 0.5) is 0 Å². The van der Waals surface area contributed by atoms with Gasteiger partial charge in [0, 0.05) is 21.9 Å². The Hall–Kier alpha value is 0.140. The molecule has 0 unspecified atom stereocenters. The summed E-state index contributed by atoms with van der Waals surface area (Å²) in [6, 6.07) is 2.88. The summed E-state index contributed by atoms with van der Waals surface area (Å²) in [5.74, 6) is 0. The van der Waals surface area contributed by atoms with Gasteiger partial charge in [-0.2, -0.15) is 0 Å². The standard InChI is InChI=1S/C17H28BrNS/c18-16-12-13-20-17(16)14-19-15-10-8-6-4-2-1-3-5-7-9-11-15/h12-13,15,19H,1-11,14H2. The third kappa shape index (κ3) is 6.28. The summed E-state index contributed by atoms with van der Waals surface area (Å²) in [7, 11) is 0. The summed E-state index contributed by atoms with van der Waals surface area (Å²) in [4.78, 5) is 1.44. The van der Waals surface area contributed by atoms with Gasteiger partial charge >= 0.3 is 0 Å². The fourth-order valence-electron chi connectivity index (χ4n) is 3.06. The van der Waals surface area contributed by atoms with Gasteiger partial charge in [0.2, 0.25) is 0 Å². The third-order valence-electron chi connectivity index (χ3n) is 4.35. The summed E-state index contributed by atoms with van der Waals surface area (Å²) < 4.78 is 1.27. The Labute approximate surface area is 136 Å². The van der Waals surface area contributed by atoms with Gasteiger partial charge in [-0.15, -0.1) is 11.3 Å². The van der Waals surface area contributed by atoms with Crippen LogP contribution in [0.1, 0.15) is 75.5 Å². The minimum absolute atomic E-state index is 0.725. The smallest absolute Gasteiger partial charge is 0.0327 e.